The molecule has 0 aliphatic carbocycles. The molecule has 35 heavy (non-hydrogen) atoms. The number of methoxy groups -OCH3 is 1. The van der Waals surface area contributed by atoms with E-state index in [2.05, 4.69) is 23.5 Å². The van der Waals surface area contributed by atoms with Crippen LogP contribution in [0, 0.1) is 20.8 Å². The number of anilines is 1. The first-order chi connectivity index (χ1) is 16.7. The minimum atomic E-state index is -0.784. The van der Waals surface area contributed by atoms with Crippen LogP contribution in [0.25, 0.3) is 6.08 Å². The minimum Gasteiger partial charge on any atom is -0.493 e. The summed E-state index contributed by atoms with van der Waals surface area (Å²) in [7, 11) is 1.52. The molecule has 3 aromatic rings. The summed E-state index contributed by atoms with van der Waals surface area (Å²) in [5.74, 6) is -0.460. The van der Waals surface area contributed by atoms with Crippen LogP contribution in [0.5, 0.6) is 11.5 Å². The van der Waals surface area contributed by atoms with Crippen molar-refractivity contribution in [3.63, 3.8) is 0 Å². The van der Waals surface area contributed by atoms with Gasteiger partial charge in [-0.2, -0.15) is 0 Å². The Morgan fingerprint density at radius 3 is 2.17 bits per heavy atom. The average Bonchev–Trinajstić information content (AvgIpc) is 2.81. The topological polar surface area (TPSA) is 84.9 Å². The molecule has 1 heterocycles. The number of ether oxygens (including phenoxy) is 2. The molecule has 1 aliphatic rings. The summed E-state index contributed by atoms with van der Waals surface area (Å²) in [6.45, 7) is 6.35. The van der Waals surface area contributed by atoms with Crippen molar-refractivity contribution >= 4 is 29.6 Å². The Balaban J connectivity index is 1.59. The number of carbonyl (C=O) groups is 3. The van der Waals surface area contributed by atoms with Crippen molar-refractivity contribution in [2.45, 2.75) is 27.4 Å². The van der Waals surface area contributed by atoms with Crippen LogP contribution >= 0.6 is 0 Å². The van der Waals surface area contributed by atoms with Gasteiger partial charge in [0.2, 0.25) is 0 Å². The summed E-state index contributed by atoms with van der Waals surface area (Å²) in [6.07, 6.45) is 1.43. The third kappa shape index (κ3) is 5.24. The standard InChI is InChI=1S/C28H26N2O5/c1-17-5-8-22(9-6-17)30-27(32)23(26(31)29-28(30)33)14-20-7-10-24(25(15-20)34-4)35-16-21-12-18(2)11-19(3)13-21/h5-15H,16H2,1-4H3,(H,29,31,33)/b23-14+. The fourth-order valence-electron chi connectivity index (χ4n) is 3.96. The van der Waals surface area contributed by atoms with E-state index in [1.807, 2.05) is 20.8 Å². The van der Waals surface area contributed by atoms with Crippen molar-refractivity contribution in [2.75, 3.05) is 12.0 Å². The number of hydrogen-bond donors (Lipinski definition) is 1. The van der Waals surface area contributed by atoms with E-state index in [-0.39, 0.29) is 5.57 Å². The van der Waals surface area contributed by atoms with Crippen LogP contribution in [-0.2, 0) is 16.2 Å². The number of nitrogens with zero attached hydrogens (tertiary/aromatic N) is 1. The lowest BCUT2D eigenvalue weighted by Crippen LogP contribution is -2.54. The van der Waals surface area contributed by atoms with Gasteiger partial charge in [0.05, 0.1) is 12.8 Å². The molecule has 1 aliphatic heterocycles. The normalized spacial score (nSPS) is 14.8. The first-order valence-electron chi connectivity index (χ1n) is 11.1. The van der Waals surface area contributed by atoms with Crippen LogP contribution in [0.3, 0.4) is 0 Å². The monoisotopic (exact) mass is 470 g/mol. The molecular weight excluding hydrogens is 444 g/mol. The van der Waals surface area contributed by atoms with E-state index in [0.29, 0.717) is 29.4 Å². The molecule has 4 amide bonds. The molecule has 1 fully saturated rings. The van der Waals surface area contributed by atoms with Gasteiger partial charge in [0.1, 0.15) is 12.2 Å². The van der Waals surface area contributed by atoms with Gasteiger partial charge in [-0.25, -0.2) is 9.69 Å². The number of hydrogen-bond acceptors (Lipinski definition) is 5. The van der Waals surface area contributed by atoms with Gasteiger partial charge in [-0.15, -0.1) is 0 Å². The average molecular weight is 471 g/mol. The van der Waals surface area contributed by atoms with Gasteiger partial charge in [-0.05, 0) is 62.2 Å². The van der Waals surface area contributed by atoms with E-state index in [4.69, 9.17) is 9.47 Å². The van der Waals surface area contributed by atoms with Gasteiger partial charge >= 0.3 is 6.03 Å². The molecule has 0 saturated carbocycles. The van der Waals surface area contributed by atoms with E-state index >= 15 is 0 Å². The number of urea groups is 1. The molecule has 1 saturated heterocycles. The van der Waals surface area contributed by atoms with Crippen molar-refractivity contribution in [2.24, 2.45) is 0 Å². The van der Waals surface area contributed by atoms with Crippen LogP contribution in [0.4, 0.5) is 10.5 Å². The minimum absolute atomic E-state index is 0.156. The van der Waals surface area contributed by atoms with Crippen LogP contribution in [-0.4, -0.2) is 25.0 Å². The molecule has 0 radical (unpaired) electrons. The number of benzene rings is 3. The van der Waals surface area contributed by atoms with E-state index < -0.39 is 17.8 Å². The number of aryl methyl sites for hydroxylation is 3. The van der Waals surface area contributed by atoms with Crippen molar-refractivity contribution < 1.29 is 23.9 Å². The molecule has 0 aromatic heterocycles. The zero-order valence-electron chi connectivity index (χ0n) is 20.0. The molecule has 178 valence electrons. The van der Waals surface area contributed by atoms with Crippen molar-refractivity contribution in [3.05, 3.63) is 94.1 Å². The van der Waals surface area contributed by atoms with Crippen LogP contribution in [0.2, 0.25) is 0 Å². The summed E-state index contributed by atoms with van der Waals surface area (Å²) in [5, 5.41) is 2.23. The van der Waals surface area contributed by atoms with Crippen LogP contribution in [0.1, 0.15) is 27.8 Å². The van der Waals surface area contributed by atoms with Crippen molar-refractivity contribution in [3.8, 4) is 11.5 Å². The second-order valence-electron chi connectivity index (χ2n) is 8.49. The molecule has 0 atom stereocenters. The highest BCUT2D eigenvalue weighted by molar-refractivity contribution is 6.39. The van der Waals surface area contributed by atoms with Crippen LogP contribution < -0.4 is 19.7 Å². The number of nitrogens with one attached hydrogen (secondary N) is 1. The number of carbonyl (C=O) groups excluding carboxylic acids is 3. The highest BCUT2D eigenvalue weighted by Crippen LogP contribution is 2.31. The SMILES string of the molecule is COc1cc(/C=C2\C(=O)NC(=O)N(c3ccc(C)cc3)C2=O)ccc1OCc1cc(C)cc(C)c1. The summed E-state index contributed by atoms with van der Waals surface area (Å²) in [5.41, 5.74) is 5.12. The molecule has 1 N–H and O–H groups in total. The van der Waals surface area contributed by atoms with E-state index in [0.717, 1.165) is 27.2 Å². The Morgan fingerprint density at radius 2 is 1.51 bits per heavy atom. The largest absolute Gasteiger partial charge is 0.493 e. The second kappa shape index (κ2) is 9.85. The van der Waals surface area contributed by atoms with Crippen LogP contribution in [0.15, 0.2) is 66.2 Å². The predicted molar refractivity (Wildman–Crippen MR) is 133 cm³/mol. The van der Waals surface area contributed by atoms with Gasteiger partial charge in [-0.1, -0.05) is 53.1 Å². The maximum Gasteiger partial charge on any atom is 0.335 e. The first-order valence-corrected chi connectivity index (χ1v) is 11.1. The van der Waals surface area contributed by atoms with Gasteiger partial charge in [0.25, 0.3) is 11.8 Å². The number of amides is 4. The summed E-state index contributed by atoms with van der Waals surface area (Å²) in [6, 6.07) is 17.5. The maximum absolute atomic E-state index is 13.1. The van der Waals surface area contributed by atoms with Gasteiger partial charge in [0, 0.05) is 0 Å². The highest BCUT2D eigenvalue weighted by Gasteiger charge is 2.36. The lowest BCUT2D eigenvalue weighted by molar-refractivity contribution is -0.122. The van der Waals surface area contributed by atoms with Crippen molar-refractivity contribution in [1.29, 1.82) is 0 Å². The zero-order chi connectivity index (χ0) is 25.1. The molecule has 7 nitrogen and oxygen atoms in total. The molecule has 0 spiro atoms. The summed E-state index contributed by atoms with van der Waals surface area (Å²) < 4.78 is 11.4. The number of rotatable bonds is 6. The lowest BCUT2D eigenvalue weighted by Gasteiger charge is -2.26. The Bertz CT molecular complexity index is 1320. The first kappa shape index (κ1) is 23.8. The second-order valence-corrected chi connectivity index (χ2v) is 8.49. The Kier molecular flexibility index (Phi) is 6.68. The third-order valence-electron chi connectivity index (χ3n) is 5.57. The fraction of sp³-hybridized carbons (Fsp3) is 0.179. The highest BCUT2D eigenvalue weighted by atomic mass is 16.5. The molecular formula is C28H26N2O5. The Hall–Kier alpha value is -4.39. The Morgan fingerprint density at radius 1 is 0.829 bits per heavy atom. The Labute approximate surface area is 204 Å². The zero-order valence-corrected chi connectivity index (χ0v) is 20.0. The van der Waals surface area contributed by atoms with E-state index in [9.17, 15) is 14.4 Å². The molecule has 0 bridgehead atoms. The fourth-order valence-corrected chi connectivity index (χ4v) is 3.96. The number of barbiturate groups is 1. The third-order valence-corrected chi connectivity index (χ3v) is 5.57. The summed E-state index contributed by atoms with van der Waals surface area (Å²) in [4.78, 5) is 38.9. The smallest absolute Gasteiger partial charge is 0.335 e. The predicted octanol–water partition coefficient (Wildman–Crippen LogP) is 4.87. The summed E-state index contributed by atoms with van der Waals surface area (Å²) >= 11 is 0. The molecule has 0 unspecified atom stereocenters. The van der Waals surface area contributed by atoms with E-state index in [1.54, 1.807) is 42.5 Å². The lowest BCUT2D eigenvalue weighted by atomic mass is 10.1. The molecule has 4 rings (SSSR count). The van der Waals surface area contributed by atoms with Gasteiger partial charge in [-0.3, -0.25) is 14.9 Å². The molecule has 3 aromatic carbocycles. The van der Waals surface area contributed by atoms with E-state index in [1.165, 1.54) is 13.2 Å². The van der Waals surface area contributed by atoms with Gasteiger partial charge in [0.15, 0.2) is 11.5 Å². The maximum atomic E-state index is 13.1. The quantitative estimate of drug-likeness (QED) is 0.411. The van der Waals surface area contributed by atoms with Crippen molar-refractivity contribution in [1.82, 2.24) is 5.32 Å². The van der Waals surface area contributed by atoms with Gasteiger partial charge < -0.3 is 9.47 Å². The number of imide groups is 2. The molecule has 7 heteroatoms.